The van der Waals surface area contributed by atoms with Gasteiger partial charge < -0.3 is 9.67 Å². The number of carboxylic acids is 1. The molecule has 1 N–H and O–H groups in total. The van der Waals surface area contributed by atoms with Gasteiger partial charge in [0, 0.05) is 22.6 Å². The van der Waals surface area contributed by atoms with Gasteiger partial charge in [-0.2, -0.15) is 0 Å². The second-order valence-electron chi connectivity index (χ2n) is 10.7. The first-order valence-electron chi connectivity index (χ1n) is 13.7. The van der Waals surface area contributed by atoms with E-state index in [1.165, 1.54) is 29.0 Å². The van der Waals surface area contributed by atoms with Crippen molar-refractivity contribution in [2.24, 2.45) is 4.99 Å². The molecule has 0 unspecified atom stereocenters. The molecule has 2 aromatic heterocycles. The SMILES string of the molecule is Cc1cc(C=c2sc3n(c2=O)[C@@H](c2ccc(F)cc2)C2=C(N=3)c3ccccc3CC2)c(C)n1-c1ccc(C(=O)O)cc1. The van der Waals surface area contributed by atoms with E-state index < -0.39 is 5.97 Å². The Morgan fingerprint density at radius 1 is 1.02 bits per heavy atom. The molecule has 8 heteroatoms. The number of nitrogens with zero attached hydrogens (tertiary/aromatic N) is 3. The molecule has 3 heterocycles. The van der Waals surface area contributed by atoms with Crippen molar-refractivity contribution in [3.63, 3.8) is 0 Å². The molecule has 0 saturated carbocycles. The number of aryl methyl sites for hydroxylation is 2. The van der Waals surface area contributed by atoms with E-state index in [2.05, 4.69) is 12.1 Å². The van der Waals surface area contributed by atoms with Crippen molar-refractivity contribution >= 4 is 29.1 Å². The smallest absolute Gasteiger partial charge is 0.335 e. The summed E-state index contributed by atoms with van der Waals surface area (Å²) in [5.74, 6) is -1.29. The number of carboxylic acid groups (broad SMARTS) is 1. The number of fused-ring (bicyclic) bond motifs is 3. The molecule has 6 nitrogen and oxygen atoms in total. The van der Waals surface area contributed by atoms with Crippen LogP contribution in [-0.2, 0) is 6.42 Å². The average molecular weight is 576 g/mol. The molecule has 1 aliphatic carbocycles. The number of benzene rings is 3. The summed E-state index contributed by atoms with van der Waals surface area (Å²) in [7, 11) is 0. The zero-order valence-corrected chi connectivity index (χ0v) is 23.8. The molecule has 7 rings (SSSR count). The standard InChI is InChI=1S/C34H26FN3O3S/c1-19-17-24(20(2)37(19)26-14-9-23(10-15-26)33(40)41)18-29-32(39)38-31(22-7-12-25(35)13-8-22)28-16-11-21-5-3-4-6-27(21)30(28)36-34(38)42-29/h3-10,12-15,17-18,31H,11,16H2,1-2H3,(H,40,41)/t31-/m0/s1. The minimum Gasteiger partial charge on any atom is -0.478 e. The zero-order chi connectivity index (χ0) is 29.1. The van der Waals surface area contributed by atoms with E-state index in [-0.39, 0.29) is 23.0 Å². The molecule has 0 bridgehead atoms. The first-order chi connectivity index (χ1) is 20.3. The second-order valence-corrected chi connectivity index (χ2v) is 11.7. The second kappa shape index (κ2) is 9.92. The van der Waals surface area contributed by atoms with E-state index in [9.17, 15) is 19.1 Å². The lowest BCUT2D eigenvalue weighted by Gasteiger charge is -2.30. The third-order valence-electron chi connectivity index (χ3n) is 8.19. The molecule has 1 aliphatic heterocycles. The van der Waals surface area contributed by atoms with Gasteiger partial charge in [0.15, 0.2) is 4.80 Å². The Hall–Kier alpha value is -4.82. The molecule has 1 atom stereocenters. The van der Waals surface area contributed by atoms with Gasteiger partial charge in [-0.25, -0.2) is 14.2 Å². The van der Waals surface area contributed by atoms with Gasteiger partial charge in [0.05, 0.1) is 21.8 Å². The quantitative estimate of drug-likeness (QED) is 0.305. The first-order valence-corrected chi connectivity index (χ1v) is 14.5. The molecule has 2 aliphatic rings. The van der Waals surface area contributed by atoms with Crippen LogP contribution in [0.15, 0.2) is 94.2 Å². The summed E-state index contributed by atoms with van der Waals surface area (Å²) in [6.07, 6.45) is 3.53. The number of aromatic nitrogens is 2. The Morgan fingerprint density at radius 3 is 2.50 bits per heavy atom. The highest BCUT2D eigenvalue weighted by Crippen LogP contribution is 2.41. The van der Waals surface area contributed by atoms with Crippen molar-refractivity contribution in [1.82, 2.24) is 9.13 Å². The monoisotopic (exact) mass is 575 g/mol. The van der Waals surface area contributed by atoms with Crippen molar-refractivity contribution in [2.75, 3.05) is 0 Å². The van der Waals surface area contributed by atoms with Gasteiger partial charge in [-0.15, -0.1) is 0 Å². The predicted molar refractivity (Wildman–Crippen MR) is 161 cm³/mol. The number of carbonyl (C=O) groups is 1. The van der Waals surface area contributed by atoms with Crippen LogP contribution in [0, 0.1) is 19.7 Å². The molecule has 42 heavy (non-hydrogen) atoms. The summed E-state index contributed by atoms with van der Waals surface area (Å²) in [6.45, 7) is 3.97. The Kier molecular flexibility index (Phi) is 6.17. The van der Waals surface area contributed by atoms with E-state index in [1.54, 1.807) is 41.0 Å². The van der Waals surface area contributed by atoms with Crippen LogP contribution in [0.1, 0.15) is 56.5 Å². The number of aromatic carboxylic acids is 1. The molecule has 3 aromatic carbocycles. The van der Waals surface area contributed by atoms with Crippen molar-refractivity contribution in [1.29, 1.82) is 0 Å². The van der Waals surface area contributed by atoms with Crippen molar-refractivity contribution in [3.05, 3.63) is 149 Å². The van der Waals surface area contributed by atoms with Gasteiger partial charge >= 0.3 is 5.97 Å². The third-order valence-corrected chi connectivity index (χ3v) is 9.17. The number of halogens is 1. The molecule has 0 fully saturated rings. The summed E-state index contributed by atoms with van der Waals surface area (Å²) < 4.78 is 18.3. The van der Waals surface area contributed by atoms with Crippen LogP contribution in [0.2, 0.25) is 0 Å². The van der Waals surface area contributed by atoms with Crippen LogP contribution in [0.25, 0.3) is 17.5 Å². The molecule has 208 valence electrons. The summed E-state index contributed by atoms with van der Waals surface area (Å²) in [5.41, 5.74) is 8.89. The van der Waals surface area contributed by atoms with Crippen LogP contribution in [0.3, 0.4) is 0 Å². The Morgan fingerprint density at radius 2 is 1.76 bits per heavy atom. The molecular weight excluding hydrogens is 549 g/mol. The first kappa shape index (κ1) is 26.1. The summed E-state index contributed by atoms with van der Waals surface area (Å²) in [4.78, 5) is 31.1. The molecule has 0 spiro atoms. The van der Waals surface area contributed by atoms with Crippen LogP contribution >= 0.6 is 11.3 Å². The van der Waals surface area contributed by atoms with Crippen molar-refractivity contribution in [3.8, 4) is 5.69 Å². The van der Waals surface area contributed by atoms with Crippen LogP contribution < -0.4 is 14.9 Å². The summed E-state index contributed by atoms with van der Waals surface area (Å²) in [5, 5.41) is 9.27. The van der Waals surface area contributed by atoms with Gasteiger partial charge in [-0.3, -0.25) is 9.36 Å². The normalized spacial score (nSPS) is 16.1. The fourth-order valence-electron chi connectivity index (χ4n) is 6.19. The number of allylic oxidation sites excluding steroid dienone is 1. The third kappa shape index (κ3) is 4.18. The highest BCUT2D eigenvalue weighted by atomic mass is 32.1. The maximum Gasteiger partial charge on any atom is 0.335 e. The van der Waals surface area contributed by atoms with Gasteiger partial charge in [-0.05, 0) is 97.5 Å². The van der Waals surface area contributed by atoms with E-state index >= 15 is 0 Å². The van der Waals surface area contributed by atoms with Crippen LogP contribution in [-0.4, -0.2) is 20.2 Å². The largest absolute Gasteiger partial charge is 0.478 e. The predicted octanol–water partition coefficient (Wildman–Crippen LogP) is 5.56. The van der Waals surface area contributed by atoms with Gasteiger partial charge in [0.25, 0.3) is 5.56 Å². The Labute approximate surface area is 244 Å². The van der Waals surface area contributed by atoms with E-state index in [4.69, 9.17) is 4.99 Å². The maximum atomic E-state index is 14.1. The van der Waals surface area contributed by atoms with Gasteiger partial charge in [0.1, 0.15) is 5.82 Å². The lowest BCUT2D eigenvalue weighted by atomic mass is 9.83. The maximum absolute atomic E-state index is 14.1. The fourth-order valence-corrected chi connectivity index (χ4v) is 7.18. The number of hydrogen-bond acceptors (Lipinski definition) is 4. The lowest BCUT2D eigenvalue weighted by Crippen LogP contribution is -2.38. The minimum atomic E-state index is -0.970. The summed E-state index contributed by atoms with van der Waals surface area (Å²) in [6, 6.07) is 23.1. The highest BCUT2D eigenvalue weighted by Gasteiger charge is 2.32. The van der Waals surface area contributed by atoms with Crippen LogP contribution in [0.4, 0.5) is 4.39 Å². The lowest BCUT2D eigenvalue weighted by molar-refractivity contribution is 0.0697. The van der Waals surface area contributed by atoms with Gasteiger partial charge in [0.2, 0.25) is 0 Å². The van der Waals surface area contributed by atoms with Crippen molar-refractivity contribution in [2.45, 2.75) is 32.7 Å². The van der Waals surface area contributed by atoms with E-state index in [1.807, 2.05) is 42.7 Å². The van der Waals surface area contributed by atoms with E-state index in [0.29, 0.717) is 9.33 Å². The van der Waals surface area contributed by atoms with Crippen LogP contribution in [0.5, 0.6) is 0 Å². The molecule has 0 saturated heterocycles. The van der Waals surface area contributed by atoms with Crippen molar-refractivity contribution < 1.29 is 14.3 Å². The summed E-state index contributed by atoms with van der Waals surface area (Å²) >= 11 is 1.36. The number of hydrogen-bond donors (Lipinski definition) is 1. The molecule has 0 amide bonds. The van der Waals surface area contributed by atoms with E-state index in [0.717, 1.165) is 57.9 Å². The minimum absolute atomic E-state index is 0.130. The Balaban J connectivity index is 1.40. The number of thiazole rings is 1. The molecular formula is C34H26FN3O3S. The zero-order valence-electron chi connectivity index (χ0n) is 23.0. The molecule has 5 aromatic rings. The number of rotatable bonds is 4. The average Bonchev–Trinajstić information content (AvgIpc) is 3.45. The Bertz CT molecular complexity index is 2120. The highest BCUT2D eigenvalue weighted by molar-refractivity contribution is 7.07. The topological polar surface area (TPSA) is 76.6 Å². The molecule has 0 radical (unpaired) electrons. The van der Waals surface area contributed by atoms with Gasteiger partial charge in [-0.1, -0.05) is 47.7 Å². The fraction of sp³-hybridized carbons (Fsp3) is 0.147.